The van der Waals surface area contributed by atoms with Crippen LogP contribution in [0.5, 0.6) is 0 Å². The SMILES string of the molecule is Cc1c(C)c(C)c2c(c1C)CCC(B(O)O)C2. The predicted molar refractivity (Wildman–Crippen MR) is 71.4 cm³/mol. The van der Waals surface area contributed by atoms with Gasteiger partial charge < -0.3 is 10.0 Å². The Morgan fingerprint density at radius 1 is 0.882 bits per heavy atom. The lowest BCUT2D eigenvalue weighted by Crippen LogP contribution is -2.27. The van der Waals surface area contributed by atoms with Crippen LogP contribution >= 0.6 is 0 Å². The summed E-state index contributed by atoms with van der Waals surface area (Å²) in [5.41, 5.74) is 8.29. The van der Waals surface area contributed by atoms with Crippen LogP contribution in [-0.2, 0) is 12.8 Å². The molecule has 0 heterocycles. The van der Waals surface area contributed by atoms with Gasteiger partial charge in [0, 0.05) is 0 Å². The van der Waals surface area contributed by atoms with Crippen LogP contribution < -0.4 is 0 Å². The predicted octanol–water partition coefficient (Wildman–Crippen LogP) is 2.25. The highest BCUT2D eigenvalue weighted by atomic mass is 16.4. The summed E-state index contributed by atoms with van der Waals surface area (Å²) in [6, 6.07) is 0. The first-order chi connectivity index (χ1) is 7.93. The molecule has 0 fully saturated rings. The number of benzene rings is 1. The molecule has 1 aromatic carbocycles. The van der Waals surface area contributed by atoms with Crippen LogP contribution in [0.25, 0.3) is 0 Å². The Morgan fingerprint density at radius 3 is 1.94 bits per heavy atom. The van der Waals surface area contributed by atoms with Gasteiger partial charge in [0.2, 0.25) is 0 Å². The number of hydrogen-bond donors (Lipinski definition) is 2. The summed E-state index contributed by atoms with van der Waals surface area (Å²) < 4.78 is 0. The zero-order valence-electron chi connectivity index (χ0n) is 11.2. The van der Waals surface area contributed by atoms with Crippen molar-refractivity contribution >= 4 is 7.12 Å². The number of fused-ring (bicyclic) bond motifs is 1. The Kier molecular flexibility index (Phi) is 3.33. The highest BCUT2D eigenvalue weighted by Crippen LogP contribution is 2.36. The largest absolute Gasteiger partial charge is 0.455 e. The van der Waals surface area contributed by atoms with Gasteiger partial charge in [-0.05, 0) is 86.2 Å². The fraction of sp³-hybridized carbons (Fsp3) is 0.571. The molecule has 0 spiro atoms. The van der Waals surface area contributed by atoms with E-state index in [0.717, 1.165) is 19.3 Å². The average Bonchev–Trinajstić information content (AvgIpc) is 2.32. The third-order valence-electron chi connectivity index (χ3n) is 4.61. The van der Waals surface area contributed by atoms with Crippen molar-refractivity contribution in [2.75, 3.05) is 0 Å². The van der Waals surface area contributed by atoms with Crippen LogP contribution in [0, 0.1) is 27.7 Å². The van der Waals surface area contributed by atoms with E-state index in [2.05, 4.69) is 27.7 Å². The van der Waals surface area contributed by atoms with Gasteiger partial charge in [-0.25, -0.2) is 0 Å². The molecule has 1 atom stereocenters. The standard InChI is InChI=1S/C14H21BO2/c1-8-9(2)11(4)14-7-12(15(16)17)5-6-13(14)10(8)3/h12,16-17H,5-7H2,1-4H3. The normalized spacial score (nSPS) is 19.1. The minimum absolute atomic E-state index is 0.00251. The minimum atomic E-state index is -1.18. The molecule has 92 valence electrons. The average molecular weight is 232 g/mol. The molecular weight excluding hydrogens is 211 g/mol. The zero-order valence-corrected chi connectivity index (χ0v) is 11.2. The molecule has 2 nitrogen and oxygen atoms in total. The van der Waals surface area contributed by atoms with E-state index in [1.165, 1.54) is 33.4 Å². The maximum Gasteiger partial charge on any atom is 0.455 e. The molecule has 0 aromatic heterocycles. The van der Waals surface area contributed by atoms with Crippen LogP contribution in [0.3, 0.4) is 0 Å². The van der Waals surface area contributed by atoms with Gasteiger partial charge in [0.25, 0.3) is 0 Å². The molecule has 3 heteroatoms. The van der Waals surface area contributed by atoms with Crippen molar-refractivity contribution < 1.29 is 10.0 Å². The van der Waals surface area contributed by atoms with Gasteiger partial charge in [0.05, 0.1) is 0 Å². The van der Waals surface area contributed by atoms with Crippen LogP contribution in [0.4, 0.5) is 0 Å². The molecule has 1 aromatic rings. The molecule has 0 saturated heterocycles. The fourth-order valence-electron chi connectivity index (χ4n) is 3.03. The highest BCUT2D eigenvalue weighted by Gasteiger charge is 2.30. The fourth-order valence-corrected chi connectivity index (χ4v) is 3.03. The molecule has 17 heavy (non-hydrogen) atoms. The Balaban J connectivity index is 2.51. The molecule has 1 unspecified atom stereocenters. The third kappa shape index (κ3) is 2.02. The molecule has 0 radical (unpaired) electrons. The van der Waals surface area contributed by atoms with Gasteiger partial charge in [0.1, 0.15) is 0 Å². The van der Waals surface area contributed by atoms with E-state index in [1.807, 2.05) is 0 Å². The molecule has 1 aliphatic rings. The van der Waals surface area contributed by atoms with Crippen LogP contribution in [0.15, 0.2) is 0 Å². The first kappa shape index (κ1) is 12.7. The van der Waals surface area contributed by atoms with Crippen molar-refractivity contribution in [1.29, 1.82) is 0 Å². The summed E-state index contributed by atoms with van der Waals surface area (Å²) >= 11 is 0. The Bertz CT molecular complexity index is 452. The molecule has 2 rings (SSSR count). The summed E-state index contributed by atoms with van der Waals surface area (Å²) in [6.07, 6.45) is 2.67. The second-order valence-corrected chi connectivity index (χ2v) is 5.37. The summed E-state index contributed by atoms with van der Waals surface area (Å²) in [7, 11) is -1.18. The Morgan fingerprint density at radius 2 is 1.41 bits per heavy atom. The van der Waals surface area contributed by atoms with Gasteiger partial charge >= 0.3 is 7.12 Å². The molecule has 0 aliphatic heterocycles. The Labute approximate surface area is 104 Å². The van der Waals surface area contributed by atoms with Gasteiger partial charge in [-0.2, -0.15) is 0 Å². The van der Waals surface area contributed by atoms with Crippen LogP contribution in [-0.4, -0.2) is 17.2 Å². The summed E-state index contributed by atoms with van der Waals surface area (Å²) in [6.45, 7) is 8.70. The van der Waals surface area contributed by atoms with E-state index in [1.54, 1.807) is 0 Å². The molecule has 0 bridgehead atoms. The van der Waals surface area contributed by atoms with Crippen LogP contribution in [0.2, 0.25) is 5.82 Å². The summed E-state index contributed by atoms with van der Waals surface area (Å²) in [5.74, 6) is 0.00251. The van der Waals surface area contributed by atoms with Gasteiger partial charge in [-0.15, -0.1) is 0 Å². The monoisotopic (exact) mass is 232 g/mol. The first-order valence-electron chi connectivity index (χ1n) is 6.37. The van der Waals surface area contributed by atoms with E-state index in [0.29, 0.717) is 0 Å². The van der Waals surface area contributed by atoms with Crippen molar-refractivity contribution in [2.24, 2.45) is 0 Å². The van der Waals surface area contributed by atoms with E-state index >= 15 is 0 Å². The molecule has 0 amide bonds. The quantitative estimate of drug-likeness (QED) is 0.729. The van der Waals surface area contributed by atoms with E-state index in [-0.39, 0.29) is 5.82 Å². The molecule has 1 aliphatic carbocycles. The van der Waals surface area contributed by atoms with Crippen molar-refractivity contribution in [3.05, 3.63) is 33.4 Å². The van der Waals surface area contributed by atoms with Crippen molar-refractivity contribution in [3.8, 4) is 0 Å². The topological polar surface area (TPSA) is 40.5 Å². The van der Waals surface area contributed by atoms with E-state index in [9.17, 15) is 10.0 Å². The van der Waals surface area contributed by atoms with Crippen molar-refractivity contribution in [2.45, 2.75) is 52.8 Å². The third-order valence-corrected chi connectivity index (χ3v) is 4.61. The lowest BCUT2D eigenvalue weighted by molar-refractivity contribution is 0.373. The van der Waals surface area contributed by atoms with Crippen molar-refractivity contribution in [3.63, 3.8) is 0 Å². The summed E-state index contributed by atoms with van der Waals surface area (Å²) in [5, 5.41) is 18.7. The zero-order chi connectivity index (χ0) is 12.7. The van der Waals surface area contributed by atoms with E-state index in [4.69, 9.17) is 0 Å². The molecule has 0 saturated carbocycles. The maximum atomic E-state index is 9.34. The highest BCUT2D eigenvalue weighted by molar-refractivity contribution is 6.43. The second kappa shape index (κ2) is 4.47. The second-order valence-electron chi connectivity index (χ2n) is 5.37. The number of rotatable bonds is 1. The first-order valence-corrected chi connectivity index (χ1v) is 6.37. The van der Waals surface area contributed by atoms with Gasteiger partial charge in [-0.3, -0.25) is 0 Å². The lowest BCUT2D eigenvalue weighted by atomic mass is 9.62. The maximum absolute atomic E-state index is 9.34. The van der Waals surface area contributed by atoms with Crippen molar-refractivity contribution in [1.82, 2.24) is 0 Å². The smallest absolute Gasteiger partial charge is 0.427 e. The summed E-state index contributed by atoms with van der Waals surface area (Å²) in [4.78, 5) is 0. The number of hydrogen-bond acceptors (Lipinski definition) is 2. The lowest BCUT2D eigenvalue weighted by Gasteiger charge is -2.29. The molecular formula is C14H21BO2. The van der Waals surface area contributed by atoms with Gasteiger partial charge in [-0.1, -0.05) is 0 Å². The molecule has 2 N–H and O–H groups in total. The Hall–Kier alpha value is -0.795. The van der Waals surface area contributed by atoms with E-state index < -0.39 is 7.12 Å². The van der Waals surface area contributed by atoms with Gasteiger partial charge in [0.15, 0.2) is 0 Å². The van der Waals surface area contributed by atoms with Crippen LogP contribution in [0.1, 0.15) is 39.8 Å². The minimum Gasteiger partial charge on any atom is -0.427 e.